The van der Waals surface area contributed by atoms with Crippen LogP contribution in [0.4, 0.5) is 11.4 Å². The number of rotatable bonds is 2. The number of carbonyl (C=O) groups is 1. The summed E-state index contributed by atoms with van der Waals surface area (Å²) in [7, 11) is 0. The van der Waals surface area contributed by atoms with Crippen LogP contribution in [0.2, 0.25) is 0 Å². The van der Waals surface area contributed by atoms with Gasteiger partial charge in [-0.15, -0.1) is 0 Å². The molecule has 0 radical (unpaired) electrons. The van der Waals surface area contributed by atoms with Crippen LogP contribution >= 0.6 is 0 Å². The number of carbonyl (C=O) groups excluding carboxylic acids is 1. The largest absolute Gasteiger partial charge is 0.393 e. The lowest BCUT2D eigenvalue weighted by molar-refractivity contribution is -0.382. The molecule has 0 heterocycles. The van der Waals surface area contributed by atoms with Crippen molar-refractivity contribution in [2.75, 3.05) is 5.73 Å². The third-order valence-corrected chi connectivity index (χ3v) is 2.40. The van der Waals surface area contributed by atoms with Crippen LogP contribution in [0, 0.1) is 10.1 Å². The third kappa shape index (κ3) is 1.38. The monoisotopic (exact) mass is 216 g/mol. The number of nitro groups is 1. The number of benzene rings is 2. The summed E-state index contributed by atoms with van der Waals surface area (Å²) in [5, 5.41) is 12.0. The number of nitrogens with two attached hydrogens (primary N) is 1. The van der Waals surface area contributed by atoms with Gasteiger partial charge in [0.1, 0.15) is 5.69 Å². The Balaban J connectivity index is 2.96. The van der Waals surface area contributed by atoms with Gasteiger partial charge in [0, 0.05) is 5.56 Å². The van der Waals surface area contributed by atoms with Crippen molar-refractivity contribution < 1.29 is 9.72 Å². The molecule has 0 saturated carbocycles. The van der Waals surface area contributed by atoms with Crippen LogP contribution < -0.4 is 5.73 Å². The highest BCUT2D eigenvalue weighted by molar-refractivity contribution is 6.03. The molecule has 5 heteroatoms. The molecule has 2 aromatic rings. The van der Waals surface area contributed by atoms with Crippen molar-refractivity contribution in [3.05, 3.63) is 46.0 Å². The van der Waals surface area contributed by atoms with E-state index in [-0.39, 0.29) is 16.9 Å². The first kappa shape index (κ1) is 10.1. The molecular weight excluding hydrogens is 208 g/mol. The van der Waals surface area contributed by atoms with Gasteiger partial charge in [-0.1, -0.05) is 18.2 Å². The van der Waals surface area contributed by atoms with Crippen LogP contribution in [-0.2, 0) is 0 Å². The minimum Gasteiger partial charge on any atom is -0.393 e. The third-order valence-electron chi connectivity index (χ3n) is 2.40. The second-order valence-electron chi connectivity index (χ2n) is 3.32. The highest BCUT2D eigenvalue weighted by Crippen LogP contribution is 2.33. The summed E-state index contributed by atoms with van der Waals surface area (Å²) < 4.78 is 0. The van der Waals surface area contributed by atoms with E-state index in [1.54, 1.807) is 30.3 Å². The fraction of sp³-hybridized carbons (Fsp3) is 0. The topological polar surface area (TPSA) is 86.2 Å². The van der Waals surface area contributed by atoms with Gasteiger partial charge in [0.15, 0.2) is 6.29 Å². The van der Waals surface area contributed by atoms with Crippen molar-refractivity contribution >= 4 is 28.4 Å². The van der Waals surface area contributed by atoms with Crippen LogP contribution in [0.15, 0.2) is 30.3 Å². The van der Waals surface area contributed by atoms with E-state index in [4.69, 9.17) is 5.73 Å². The van der Waals surface area contributed by atoms with Crippen LogP contribution in [0.5, 0.6) is 0 Å². The number of anilines is 1. The van der Waals surface area contributed by atoms with Crippen molar-refractivity contribution in [3.63, 3.8) is 0 Å². The summed E-state index contributed by atoms with van der Waals surface area (Å²) in [5.41, 5.74) is 5.44. The number of fused-ring (bicyclic) bond motifs is 1. The predicted octanol–water partition coefficient (Wildman–Crippen LogP) is 2.14. The standard InChI is InChI=1S/C11H8N2O3/c12-10-8(6-14)5-7-3-1-2-4-9(7)11(10)13(15)16/h1-6H,12H2. The first-order chi connectivity index (χ1) is 7.65. The Kier molecular flexibility index (Phi) is 2.28. The van der Waals surface area contributed by atoms with Gasteiger partial charge in [-0.2, -0.15) is 0 Å². The van der Waals surface area contributed by atoms with Crippen molar-refractivity contribution in [1.82, 2.24) is 0 Å². The maximum absolute atomic E-state index is 10.9. The lowest BCUT2D eigenvalue weighted by Gasteiger charge is -2.04. The summed E-state index contributed by atoms with van der Waals surface area (Å²) in [5.74, 6) is 0. The van der Waals surface area contributed by atoms with Gasteiger partial charge in [0.05, 0.1) is 10.3 Å². The van der Waals surface area contributed by atoms with Crippen molar-refractivity contribution in [2.24, 2.45) is 0 Å². The maximum atomic E-state index is 10.9. The smallest absolute Gasteiger partial charge is 0.300 e. The first-order valence-corrected chi connectivity index (χ1v) is 4.56. The summed E-state index contributed by atoms with van der Waals surface area (Å²) >= 11 is 0. The molecule has 16 heavy (non-hydrogen) atoms. The number of hydrogen-bond donors (Lipinski definition) is 1. The van der Waals surface area contributed by atoms with Gasteiger partial charge < -0.3 is 5.73 Å². The molecule has 2 rings (SSSR count). The SMILES string of the molecule is Nc1c(C=O)cc2ccccc2c1[N+](=O)[O-]. The lowest BCUT2D eigenvalue weighted by atomic mass is 10.0. The Labute approximate surface area is 90.6 Å². The zero-order chi connectivity index (χ0) is 11.7. The minimum atomic E-state index is -0.565. The molecule has 2 aromatic carbocycles. The number of nitrogen functional groups attached to an aromatic ring is 1. The minimum absolute atomic E-state index is 0.0845. The Morgan fingerprint density at radius 3 is 2.62 bits per heavy atom. The molecule has 2 N–H and O–H groups in total. The van der Waals surface area contributed by atoms with E-state index in [1.807, 2.05) is 0 Å². The van der Waals surface area contributed by atoms with E-state index < -0.39 is 4.92 Å². The van der Waals surface area contributed by atoms with Crippen LogP contribution in [0.3, 0.4) is 0 Å². The molecule has 0 atom stereocenters. The number of aldehydes is 1. The average molecular weight is 216 g/mol. The summed E-state index contributed by atoms with van der Waals surface area (Å²) in [4.78, 5) is 21.1. The molecule has 0 aliphatic heterocycles. The van der Waals surface area contributed by atoms with Gasteiger partial charge in [0.2, 0.25) is 0 Å². The fourth-order valence-electron chi connectivity index (χ4n) is 1.66. The number of nitrogens with zero attached hydrogens (tertiary/aromatic N) is 1. The molecule has 0 saturated heterocycles. The molecule has 0 bridgehead atoms. The summed E-state index contributed by atoms with van der Waals surface area (Å²) in [6, 6.07) is 8.30. The molecule has 0 spiro atoms. The van der Waals surface area contributed by atoms with Gasteiger partial charge in [-0.25, -0.2) is 0 Å². The molecule has 0 fully saturated rings. The highest BCUT2D eigenvalue weighted by atomic mass is 16.6. The molecule has 0 aromatic heterocycles. The lowest BCUT2D eigenvalue weighted by Crippen LogP contribution is -2.00. The molecule has 0 unspecified atom stereocenters. The summed E-state index contributed by atoms with van der Waals surface area (Å²) in [6.07, 6.45) is 0.523. The average Bonchev–Trinajstić information content (AvgIpc) is 2.27. The zero-order valence-corrected chi connectivity index (χ0v) is 8.21. The first-order valence-electron chi connectivity index (χ1n) is 4.56. The van der Waals surface area contributed by atoms with Gasteiger partial charge in [-0.3, -0.25) is 14.9 Å². The van der Waals surface area contributed by atoms with Crippen molar-refractivity contribution in [3.8, 4) is 0 Å². The molecular formula is C11H8N2O3. The number of nitro benzene ring substituents is 1. The van der Waals surface area contributed by atoms with E-state index in [9.17, 15) is 14.9 Å². The fourth-order valence-corrected chi connectivity index (χ4v) is 1.66. The maximum Gasteiger partial charge on any atom is 0.300 e. The predicted molar refractivity (Wildman–Crippen MR) is 60.4 cm³/mol. The van der Waals surface area contributed by atoms with Gasteiger partial charge in [-0.05, 0) is 17.5 Å². The van der Waals surface area contributed by atoms with Crippen LogP contribution in [0.25, 0.3) is 10.8 Å². The molecule has 0 aliphatic rings. The molecule has 0 amide bonds. The quantitative estimate of drug-likeness (QED) is 0.360. The zero-order valence-electron chi connectivity index (χ0n) is 8.21. The van der Waals surface area contributed by atoms with Gasteiger partial charge in [0.25, 0.3) is 0 Å². The van der Waals surface area contributed by atoms with Crippen molar-refractivity contribution in [2.45, 2.75) is 0 Å². The van der Waals surface area contributed by atoms with Crippen LogP contribution in [-0.4, -0.2) is 11.2 Å². The Bertz CT molecular complexity index is 593. The van der Waals surface area contributed by atoms with Crippen molar-refractivity contribution in [1.29, 1.82) is 0 Å². The summed E-state index contributed by atoms with van der Waals surface area (Å²) in [6.45, 7) is 0. The molecule has 0 aliphatic carbocycles. The second kappa shape index (κ2) is 3.62. The molecule has 5 nitrogen and oxygen atoms in total. The van der Waals surface area contributed by atoms with E-state index >= 15 is 0 Å². The van der Waals surface area contributed by atoms with E-state index in [0.29, 0.717) is 17.1 Å². The normalized spacial score (nSPS) is 10.2. The van der Waals surface area contributed by atoms with Crippen LogP contribution in [0.1, 0.15) is 10.4 Å². The van der Waals surface area contributed by atoms with Gasteiger partial charge >= 0.3 is 5.69 Å². The van der Waals surface area contributed by atoms with E-state index in [1.165, 1.54) is 0 Å². The van der Waals surface area contributed by atoms with E-state index in [2.05, 4.69) is 0 Å². The highest BCUT2D eigenvalue weighted by Gasteiger charge is 2.19. The van der Waals surface area contributed by atoms with E-state index in [0.717, 1.165) is 0 Å². The Morgan fingerprint density at radius 2 is 2.00 bits per heavy atom. The second-order valence-corrected chi connectivity index (χ2v) is 3.32. The Morgan fingerprint density at radius 1 is 1.31 bits per heavy atom. The molecule has 80 valence electrons. The Hall–Kier alpha value is -2.43. The number of hydrogen-bond acceptors (Lipinski definition) is 4.